The lowest BCUT2D eigenvalue weighted by Crippen LogP contribution is -1.90. The van der Waals surface area contributed by atoms with Gasteiger partial charge in [0.1, 0.15) is 0 Å². The Morgan fingerprint density at radius 2 is 1.59 bits per heavy atom. The van der Waals surface area contributed by atoms with E-state index in [0.717, 1.165) is 6.42 Å². The number of rotatable bonds is 6. The third kappa shape index (κ3) is 2.43. The van der Waals surface area contributed by atoms with Crippen LogP contribution in [-0.2, 0) is 0 Å². The Morgan fingerprint density at radius 3 is 2.24 bits per heavy atom. The quantitative estimate of drug-likeness (QED) is 0.610. The van der Waals surface area contributed by atoms with Crippen LogP contribution in [0.15, 0.2) is 39.6 Å². The molecule has 92 valence electrons. The lowest BCUT2D eigenvalue weighted by Gasteiger charge is -2.07. The molecule has 0 aromatic carbocycles. The van der Waals surface area contributed by atoms with E-state index in [-0.39, 0.29) is 0 Å². The SMILES string of the molecule is CCCC1=CC2=C(CCC)C(CCC)=CC2=N1. The van der Waals surface area contributed by atoms with Crippen molar-refractivity contribution in [2.45, 2.75) is 59.3 Å². The van der Waals surface area contributed by atoms with Crippen LogP contribution in [0.25, 0.3) is 0 Å². The monoisotopic (exact) mass is 229 g/mol. The van der Waals surface area contributed by atoms with Crippen LogP contribution in [-0.4, -0.2) is 5.71 Å². The molecule has 1 aliphatic heterocycles. The summed E-state index contributed by atoms with van der Waals surface area (Å²) in [5.74, 6) is 0. The van der Waals surface area contributed by atoms with Gasteiger partial charge in [-0.3, -0.25) is 4.99 Å². The standard InChI is InChI=1S/C16H23N/c1-4-7-12-10-16-15(14(12)9-6-3)11-13(17-16)8-5-2/h10-11H,4-9H2,1-3H3. The van der Waals surface area contributed by atoms with Crippen molar-refractivity contribution in [2.24, 2.45) is 4.99 Å². The first-order chi connectivity index (χ1) is 8.30. The van der Waals surface area contributed by atoms with Gasteiger partial charge < -0.3 is 0 Å². The van der Waals surface area contributed by atoms with Crippen LogP contribution in [0.5, 0.6) is 0 Å². The first kappa shape index (κ1) is 12.3. The number of allylic oxidation sites excluding steroid dienone is 6. The van der Waals surface area contributed by atoms with Gasteiger partial charge in [-0.15, -0.1) is 0 Å². The summed E-state index contributed by atoms with van der Waals surface area (Å²) in [6.07, 6.45) is 11.8. The summed E-state index contributed by atoms with van der Waals surface area (Å²) in [5, 5.41) is 0. The van der Waals surface area contributed by atoms with Crippen molar-refractivity contribution >= 4 is 5.71 Å². The number of hydrogen-bond donors (Lipinski definition) is 0. The molecule has 0 bridgehead atoms. The van der Waals surface area contributed by atoms with Crippen molar-refractivity contribution in [3.8, 4) is 0 Å². The topological polar surface area (TPSA) is 12.4 Å². The third-order valence-electron chi connectivity index (χ3n) is 3.40. The molecule has 2 rings (SSSR count). The summed E-state index contributed by atoms with van der Waals surface area (Å²) in [6.45, 7) is 6.73. The molecule has 1 nitrogen and oxygen atoms in total. The fourth-order valence-corrected chi connectivity index (χ4v) is 2.69. The van der Waals surface area contributed by atoms with Crippen molar-refractivity contribution in [1.29, 1.82) is 0 Å². The summed E-state index contributed by atoms with van der Waals surface area (Å²) >= 11 is 0. The van der Waals surface area contributed by atoms with Crippen LogP contribution in [0.3, 0.4) is 0 Å². The summed E-state index contributed by atoms with van der Waals surface area (Å²) < 4.78 is 0. The molecule has 0 N–H and O–H groups in total. The highest BCUT2D eigenvalue weighted by molar-refractivity contribution is 6.17. The van der Waals surface area contributed by atoms with E-state index in [0.29, 0.717) is 0 Å². The zero-order valence-corrected chi connectivity index (χ0v) is 11.3. The third-order valence-corrected chi connectivity index (χ3v) is 3.40. The van der Waals surface area contributed by atoms with Gasteiger partial charge in [0.25, 0.3) is 0 Å². The van der Waals surface area contributed by atoms with Crippen molar-refractivity contribution in [2.75, 3.05) is 0 Å². The molecule has 0 saturated heterocycles. The number of nitrogens with zero attached hydrogens (tertiary/aromatic N) is 1. The zero-order chi connectivity index (χ0) is 12.3. The second kappa shape index (κ2) is 5.48. The Morgan fingerprint density at radius 1 is 0.882 bits per heavy atom. The normalized spacial score (nSPS) is 18.2. The van der Waals surface area contributed by atoms with Gasteiger partial charge in [-0.1, -0.05) is 40.0 Å². The van der Waals surface area contributed by atoms with E-state index in [1.165, 1.54) is 54.7 Å². The highest BCUT2D eigenvalue weighted by Gasteiger charge is 2.24. The van der Waals surface area contributed by atoms with Crippen LogP contribution in [0.2, 0.25) is 0 Å². The van der Waals surface area contributed by atoms with Gasteiger partial charge in [0, 0.05) is 11.3 Å². The van der Waals surface area contributed by atoms with Gasteiger partial charge in [-0.2, -0.15) is 0 Å². The van der Waals surface area contributed by atoms with Gasteiger partial charge in [0.2, 0.25) is 0 Å². The van der Waals surface area contributed by atoms with E-state index in [2.05, 4.69) is 32.9 Å². The minimum Gasteiger partial charge on any atom is -0.253 e. The smallest absolute Gasteiger partial charge is 0.0711 e. The number of hydrogen-bond acceptors (Lipinski definition) is 1. The lowest BCUT2D eigenvalue weighted by atomic mass is 9.97. The lowest BCUT2D eigenvalue weighted by molar-refractivity contribution is 0.854. The Balaban J connectivity index is 2.26. The van der Waals surface area contributed by atoms with E-state index in [1.54, 1.807) is 5.57 Å². The number of aliphatic imine (C=N–C) groups is 1. The predicted octanol–water partition coefficient (Wildman–Crippen LogP) is 4.96. The molecule has 0 spiro atoms. The van der Waals surface area contributed by atoms with Gasteiger partial charge in [0.05, 0.1) is 5.71 Å². The van der Waals surface area contributed by atoms with Gasteiger partial charge in [0.15, 0.2) is 0 Å². The molecule has 0 radical (unpaired) electrons. The molecule has 1 aliphatic carbocycles. The maximum Gasteiger partial charge on any atom is 0.0711 e. The van der Waals surface area contributed by atoms with Crippen molar-refractivity contribution in [3.05, 3.63) is 34.6 Å². The summed E-state index contributed by atoms with van der Waals surface area (Å²) in [6, 6.07) is 0. The number of fused-ring (bicyclic) bond motifs is 1. The molecule has 0 fully saturated rings. The first-order valence-corrected chi connectivity index (χ1v) is 7.03. The average Bonchev–Trinajstić information content (AvgIpc) is 2.80. The molecule has 0 aromatic rings. The molecule has 1 heteroatoms. The second-order valence-corrected chi connectivity index (χ2v) is 4.94. The van der Waals surface area contributed by atoms with E-state index < -0.39 is 0 Å². The molecule has 17 heavy (non-hydrogen) atoms. The van der Waals surface area contributed by atoms with Crippen molar-refractivity contribution < 1.29 is 0 Å². The van der Waals surface area contributed by atoms with Crippen molar-refractivity contribution in [1.82, 2.24) is 0 Å². The summed E-state index contributed by atoms with van der Waals surface area (Å²) in [7, 11) is 0. The molecule has 2 aliphatic rings. The van der Waals surface area contributed by atoms with E-state index >= 15 is 0 Å². The predicted molar refractivity (Wildman–Crippen MR) is 75.4 cm³/mol. The zero-order valence-electron chi connectivity index (χ0n) is 11.3. The Hall–Kier alpha value is -1.11. The highest BCUT2D eigenvalue weighted by atomic mass is 14.8. The van der Waals surface area contributed by atoms with E-state index in [1.807, 2.05) is 0 Å². The Bertz CT molecular complexity index is 419. The molecule has 1 heterocycles. The summed E-state index contributed by atoms with van der Waals surface area (Å²) in [5.41, 5.74) is 7.05. The van der Waals surface area contributed by atoms with Gasteiger partial charge in [-0.05, 0) is 42.6 Å². The molecule has 0 aromatic heterocycles. The van der Waals surface area contributed by atoms with Crippen molar-refractivity contribution in [3.63, 3.8) is 0 Å². The highest BCUT2D eigenvalue weighted by Crippen LogP contribution is 2.36. The Kier molecular flexibility index (Phi) is 3.98. The second-order valence-electron chi connectivity index (χ2n) is 4.94. The van der Waals surface area contributed by atoms with Crippen LogP contribution < -0.4 is 0 Å². The van der Waals surface area contributed by atoms with Crippen LogP contribution >= 0.6 is 0 Å². The molecule has 0 saturated carbocycles. The maximum absolute atomic E-state index is 4.75. The maximum atomic E-state index is 4.75. The van der Waals surface area contributed by atoms with Gasteiger partial charge in [-0.25, -0.2) is 0 Å². The Labute approximate surface area is 105 Å². The van der Waals surface area contributed by atoms with Crippen LogP contribution in [0.1, 0.15) is 59.3 Å². The molecular weight excluding hydrogens is 206 g/mol. The van der Waals surface area contributed by atoms with Crippen LogP contribution in [0, 0.1) is 0 Å². The van der Waals surface area contributed by atoms with Crippen LogP contribution in [0.4, 0.5) is 0 Å². The molecular formula is C16H23N. The summed E-state index contributed by atoms with van der Waals surface area (Å²) in [4.78, 5) is 4.75. The molecule has 0 atom stereocenters. The van der Waals surface area contributed by atoms with Gasteiger partial charge >= 0.3 is 0 Å². The van der Waals surface area contributed by atoms with E-state index in [9.17, 15) is 0 Å². The first-order valence-electron chi connectivity index (χ1n) is 7.03. The fourth-order valence-electron chi connectivity index (χ4n) is 2.69. The average molecular weight is 229 g/mol. The largest absolute Gasteiger partial charge is 0.253 e. The minimum absolute atomic E-state index is 1.11. The molecule has 0 amide bonds. The minimum atomic E-state index is 1.11. The van der Waals surface area contributed by atoms with E-state index in [4.69, 9.17) is 4.99 Å². The molecule has 0 unspecified atom stereocenters. The fraction of sp³-hybridized carbons (Fsp3) is 0.562.